The van der Waals surface area contributed by atoms with Crippen LogP contribution >= 0.6 is 0 Å². The highest BCUT2D eigenvalue weighted by Crippen LogP contribution is 2.21. The van der Waals surface area contributed by atoms with Gasteiger partial charge < -0.3 is 21.1 Å². The molecule has 0 aromatic heterocycles. The number of carbonyl (C=O) groups excluding carboxylic acids is 1. The fraction of sp³-hybridized carbons (Fsp3) is 0.462. The Morgan fingerprint density at radius 2 is 2.39 bits per heavy atom. The fourth-order valence-electron chi connectivity index (χ4n) is 2.22. The van der Waals surface area contributed by atoms with E-state index in [1.54, 1.807) is 17.0 Å². The lowest BCUT2D eigenvalue weighted by Crippen LogP contribution is -2.56. The first-order valence-corrected chi connectivity index (χ1v) is 6.15. The van der Waals surface area contributed by atoms with E-state index in [2.05, 4.69) is 5.32 Å². The normalized spacial score (nSPS) is 19.9. The molecule has 1 heterocycles. The Balaban J connectivity index is 2.24. The lowest BCUT2D eigenvalue weighted by atomic mass is 10.1. The van der Waals surface area contributed by atoms with Gasteiger partial charge >= 0.3 is 0 Å². The van der Waals surface area contributed by atoms with Gasteiger partial charge in [-0.2, -0.15) is 0 Å². The summed E-state index contributed by atoms with van der Waals surface area (Å²) in [6.07, 6.45) is 0. The topological polar surface area (TPSA) is 78.6 Å². The molecule has 1 amide bonds. The summed E-state index contributed by atoms with van der Waals surface area (Å²) in [7, 11) is 0. The molecule has 5 nitrogen and oxygen atoms in total. The highest BCUT2D eigenvalue weighted by molar-refractivity contribution is 5.97. The van der Waals surface area contributed by atoms with Gasteiger partial charge in [0.05, 0.1) is 11.6 Å². The van der Waals surface area contributed by atoms with Gasteiger partial charge in [0.25, 0.3) is 5.91 Å². The van der Waals surface area contributed by atoms with E-state index >= 15 is 0 Å². The van der Waals surface area contributed by atoms with Gasteiger partial charge in [0, 0.05) is 26.2 Å². The Morgan fingerprint density at radius 1 is 1.61 bits per heavy atom. The molecule has 1 aromatic carbocycles. The summed E-state index contributed by atoms with van der Waals surface area (Å²) in [5.41, 5.74) is 6.95. The van der Waals surface area contributed by atoms with Crippen LogP contribution < -0.4 is 11.1 Å². The molecule has 1 saturated heterocycles. The number of nitrogens with one attached hydrogen (secondary N) is 1. The molecular weight excluding hydrogens is 230 g/mol. The molecule has 0 spiro atoms. The maximum absolute atomic E-state index is 12.4. The average Bonchev–Trinajstić information content (AvgIpc) is 2.38. The van der Waals surface area contributed by atoms with Crippen LogP contribution in [0, 0.1) is 6.92 Å². The van der Waals surface area contributed by atoms with Crippen molar-refractivity contribution in [1.29, 1.82) is 0 Å². The molecule has 5 heteroatoms. The molecule has 1 aliphatic rings. The summed E-state index contributed by atoms with van der Waals surface area (Å²) in [5.74, 6) is -0.112. The molecule has 0 bridgehead atoms. The predicted molar refractivity (Wildman–Crippen MR) is 69.6 cm³/mol. The Labute approximate surface area is 107 Å². The number of nitrogens with two attached hydrogens (primary N) is 1. The van der Waals surface area contributed by atoms with Gasteiger partial charge in [0.15, 0.2) is 0 Å². The Bertz CT molecular complexity index is 448. The van der Waals surface area contributed by atoms with Gasteiger partial charge in [-0.15, -0.1) is 0 Å². The van der Waals surface area contributed by atoms with Crippen LogP contribution in [0.2, 0.25) is 0 Å². The molecule has 1 aliphatic heterocycles. The maximum Gasteiger partial charge on any atom is 0.257 e. The number of phenols is 1. The van der Waals surface area contributed by atoms with E-state index in [0.29, 0.717) is 25.2 Å². The van der Waals surface area contributed by atoms with Crippen molar-refractivity contribution in [3.8, 4) is 5.75 Å². The summed E-state index contributed by atoms with van der Waals surface area (Å²) in [6.45, 7) is 4.38. The molecular formula is C13H19N3O2. The second-order valence-electron chi connectivity index (χ2n) is 4.61. The number of rotatable bonds is 2. The number of piperazine rings is 1. The zero-order valence-electron chi connectivity index (χ0n) is 10.5. The van der Waals surface area contributed by atoms with E-state index in [4.69, 9.17) is 5.73 Å². The van der Waals surface area contributed by atoms with Crippen LogP contribution in [0.4, 0.5) is 0 Å². The number of benzene rings is 1. The summed E-state index contributed by atoms with van der Waals surface area (Å²) in [4.78, 5) is 14.1. The highest BCUT2D eigenvalue weighted by Gasteiger charge is 2.27. The molecule has 0 radical (unpaired) electrons. The predicted octanol–water partition coefficient (Wildman–Crippen LogP) is 0.0733. The summed E-state index contributed by atoms with van der Waals surface area (Å²) < 4.78 is 0. The molecule has 4 N–H and O–H groups in total. The van der Waals surface area contributed by atoms with Crippen LogP contribution in [0.5, 0.6) is 5.75 Å². The Hall–Kier alpha value is -1.59. The zero-order chi connectivity index (χ0) is 13.1. The number of amides is 1. The molecule has 98 valence electrons. The van der Waals surface area contributed by atoms with E-state index in [1.807, 2.05) is 13.0 Å². The van der Waals surface area contributed by atoms with Crippen molar-refractivity contribution in [2.75, 3.05) is 26.2 Å². The fourth-order valence-corrected chi connectivity index (χ4v) is 2.22. The zero-order valence-corrected chi connectivity index (χ0v) is 10.5. The van der Waals surface area contributed by atoms with Gasteiger partial charge in [-0.25, -0.2) is 0 Å². The highest BCUT2D eigenvalue weighted by atomic mass is 16.3. The average molecular weight is 249 g/mol. The molecule has 1 atom stereocenters. The SMILES string of the molecule is Cc1ccc(C(=O)N2CCNCC2CN)c(O)c1. The molecule has 1 unspecified atom stereocenters. The van der Waals surface area contributed by atoms with Crippen LogP contribution in [0.15, 0.2) is 18.2 Å². The number of aromatic hydroxyl groups is 1. The number of carbonyl (C=O) groups is 1. The Morgan fingerprint density at radius 3 is 3.06 bits per heavy atom. The van der Waals surface area contributed by atoms with E-state index in [0.717, 1.165) is 12.1 Å². The molecule has 1 aromatic rings. The minimum atomic E-state index is -0.149. The van der Waals surface area contributed by atoms with Crippen molar-refractivity contribution in [2.24, 2.45) is 5.73 Å². The van der Waals surface area contributed by atoms with E-state index in [9.17, 15) is 9.90 Å². The Kier molecular flexibility index (Phi) is 3.84. The van der Waals surface area contributed by atoms with Crippen molar-refractivity contribution < 1.29 is 9.90 Å². The standard InChI is InChI=1S/C13H19N3O2/c1-9-2-3-11(12(17)6-9)13(18)16-5-4-15-8-10(16)7-14/h2-3,6,10,15,17H,4-5,7-8,14H2,1H3. The van der Waals surface area contributed by atoms with Crippen molar-refractivity contribution in [2.45, 2.75) is 13.0 Å². The molecule has 2 rings (SSSR count). The number of phenolic OH excluding ortho intramolecular Hbond substituents is 1. The minimum Gasteiger partial charge on any atom is -0.507 e. The molecule has 18 heavy (non-hydrogen) atoms. The van der Waals surface area contributed by atoms with Crippen LogP contribution in [0.1, 0.15) is 15.9 Å². The number of hydrogen-bond acceptors (Lipinski definition) is 4. The lowest BCUT2D eigenvalue weighted by Gasteiger charge is -2.35. The van der Waals surface area contributed by atoms with Gasteiger partial charge in [-0.3, -0.25) is 4.79 Å². The summed E-state index contributed by atoms with van der Waals surface area (Å²) in [5, 5.41) is 13.1. The first-order chi connectivity index (χ1) is 8.63. The number of aryl methyl sites for hydroxylation is 1. The van der Waals surface area contributed by atoms with Crippen molar-refractivity contribution in [1.82, 2.24) is 10.2 Å². The van der Waals surface area contributed by atoms with Crippen molar-refractivity contribution in [3.05, 3.63) is 29.3 Å². The smallest absolute Gasteiger partial charge is 0.257 e. The van der Waals surface area contributed by atoms with Crippen LogP contribution in [0.3, 0.4) is 0 Å². The molecule has 0 aliphatic carbocycles. The van der Waals surface area contributed by atoms with Crippen LogP contribution in [-0.4, -0.2) is 48.1 Å². The molecule has 1 fully saturated rings. The first-order valence-electron chi connectivity index (χ1n) is 6.15. The number of nitrogens with zero attached hydrogens (tertiary/aromatic N) is 1. The van der Waals surface area contributed by atoms with E-state index < -0.39 is 0 Å². The van der Waals surface area contributed by atoms with Gasteiger partial charge in [0.1, 0.15) is 5.75 Å². The summed E-state index contributed by atoms with van der Waals surface area (Å²) in [6, 6.07) is 5.09. The minimum absolute atomic E-state index is 0.00745. The lowest BCUT2D eigenvalue weighted by molar-refractivity contribution is 0.0641. The van der Waals surface area contributed by atoms with Crippen LogP contribution in [-0.2, 0) is 0 Å². The largest absolute Gasteiger partial charge is 0.507 e. The van der Waals surface area contributed by atoms with Crippen LogP contribution in [0.25, 0.3) is 0 Å². The second kappa shape index (κ2) is 5.37. The van der Waals surface area contributed by atoms with Gasteiger partial charge in [0.2, 0.25) is 0 Å². The van der Waals surface area contributed by atoms with E-state index in [1.165, 1.54) is 0 Å². The summed E-state index contributed by atoms with van der Waals surface area (Å²) >= 11 is 0. The van der Waals surface area contributed by atoms with Crippen molar-refractivity contribution >= 4 is 5.91 Å². The van der Waals surface area contributed by atoms with Crippen molar-refractivity contribution in [3.63, 3.8) is 0 Å². The third-order valence-corrected chi connectivity index (χ3v) is 3.27. The van der Waals surface area contributed by atoms with E-state index in [-0.39, 0.29) is 17.7 Å². The molecule has 0 saturated carbocycles. The third kappa shape index (κ3) is 2.47. The quantitative estimate of drug-likeness (QED) is 0.693. The maximum atomic E-state index is 12.4. The van der Waals surface area contributed by atoms with Gasteiger partial charge in [-0.1, -0.05) is 6.07 Å². The van der Waals surface area contributed by atoms with Gasteiger partial charge in [-0.05, 0) is 24.6 Å². The number of hydrogen-bond donors (Lipinski definition) is 3. The third-order valence-electron chi connectivity index (χ3n) is 3.27. The first kappa shape index (κ1) is 12.9. The monoisotopic (exact) mass is 249 g/mol. The second-order valence-corrected chi connectivity index (χ2v) is 4.61.